The maximum atomic E-state index is 13.3. The van der Waals surface area contributed by atoms with E-state index in [-0.39, 0.29) is 0 Å². The molecule has 36 heavy (non-hydrogen) atoms. The number of aromatic nitrogens is 1. The van der Waals surface area contributed by atoms with Crippen molar-refractivity contribution < 1.29 is 8.42 Å². The third-order valence-electron chi connectivity index (χ3n) is 6.01. The average Bonchev–Trinajstić information content (AvgIpc) is 3.21. The Balaban J connectivity index is 1.81. The largest absolute Gasteiger partial charge is 0.347 e. The Hall–Kier alpha value is -2.75. The lowest BCUT2D eigenvalue weighted by molar-refractivity contribution is 0.410. The standard InChI is InChI=1S/C27H37N5O2S2/c1-6-15-32(16-7-2)36(33,34)24-13-14-26-25(17-24)22(19-31(26)8-3)18-28-30-27(35)29-23-11-9-21(10-12-23)20(4)5/h9-14,17-20H,6-8,15-16H2,1-5H3,(H2,29,30,35). The van der Waals surface area contributed by atoms with Gasteiger partial charge in [-0.05, 0) is 73.8 Å². The molecular formula is C27H37N5O2S2. The maximum Gasteiger partial charge on any atom is 0.243 e. The average molecular weight is 528 g/mol. The fourth-order valence-corrected chi connectivity index (χ4v) is 5.92. The van der Waals surface area contributed by atoms with Gasteiger partial charge in [-0.25, -0.2) is 8.42 Å². The van der Waals surface area contributed by atoms with Crippen LogP contribution in [0.15, 0.2) is 58.7 Å². The third-order valence-corrected chi connectivity index (χ3v) is 8.10. The second-order valence-electron chi connectivity index (χ2n) is 9.05. The number of hydrogen-bond acceptors (Lipinski definition) is 4. The fraction of sp³-hybridized carbons (Fsp3) is 0.407. The van der Waals surface area contributed by atoms with Crippen molar-refractivity contribution in [3.05, 3.63) is 59.8 Å². The molecule has 0 fully saturated rings. The maximum absolute atomic E-state index is 13.3. The normalized spacial score (nSPS) is 12.2. The molecule has 0 amide bonds. The van der Waals surface area contributed by atoms with Crippen molar-refractivity contribution in [1.29, 1.82) is 0 Å². The Morgan fingerprint density at radius 3 is 2.33 bits per heavy atom. The van der Waals surface area contributed by atoms with Crippen molar-refractivity contribution >= 4 is 50.2 Å². The molecule has 1 aromatic heterocycles. The van der Waals surface area contributed by atoms with E-state index in [0.29, 0.717) is 29.0 Å². The summed E-state index contributed by atoms with van der Waals surface area (Å²) in [5.74, 6) is 0.468. The Morgan fingerprint density at radius 2 is 1.75 bits per heavy atom. The van der Waals surface area contributed by atoms with Gasteiger partial charge in [0.15, 0.2) is 5.11 Å². The van der Waals surface area contributed by atoms with Gasteiger partial charge in [-0.2, -0.15) is 9.41 Å². The summed E-state index contributed by atoms with van der Waals surface area (Å²) in [6, 6.07) is 13.5. The van der Waals surface area contributed by atoms with Crippen molar-refractivity contribution in [2.24, 2.45) is 5.10 Å². The highest BCUT2D eigenvalue weighted by atomic mass is 32.2. The fourth-order valence-electron chi connectivity index (χ4n) is 4.10. The van der Waals surface area contributed by atoms with E-state index in [2.05, 4.69) is 53.3 Å². The van der Waals surface area contributed by atoms with E-state index in [0.717, 1.165) is 41.5 Å². The molecule has 0 saturated carbocycles. The van der Waals surface area contributed by atoms with E-state index in [1.165, 1.54) is 5.56 Å². The Morgan fingerprint density at radius 1 is 1.08 bits per heavy atom. The number of thiocarbonyl (C=S) groups is 1. The zero-order valence-corrected chi connectivity index (χ0v) is 23.4. The van der Waals surface area contributed by atoms with E-state index in [9.17, 15) is 8.42 Å². The van der Waals surface area contributed by atoms with Crippen LogP contribution in [0.3, 0.4) is 0 Å². The monoisotopic (exact) mass is 527 g/mol. The number of fused-ring (bicyclic) bond motifs is 1. The van der Waals surface area contributed by atoms with Crippen LogP contribution in [0.25, 0.3) is 10.9 Å². The van der Waals surface area contributed by atoms with Crippen LogP contribution >= 0.6 is 12.2 Å². The summed E-state index contributed by atoms with van der Waals surface area (Å²) in [5.41, 5.74) is 6.78. The van der Waals surface area contributed by atoms with Crippen LogP contribution in [0.5, 0.6) is 0 Å². The molecule has 0 aliphatic heterocycles. The van der Waals surface area contributed by atoms with Crippen LogP contribution in [-0.4, -0.2) is 41.7 Å². The molecule has 3 aromatic rings. The van der Waals surface area contributed by atoms with Gasteiger partial charge in [0.05, 0.1) is 11.1 Å². The molecule has 2 N–H and O–H groups in total. The van der Waals surface area contributed by atoms with Crippen LogP contribution in [0.4, 0.5) is 5.69 Å². The number of anilines is 1. The molecule has 0 bridgehead atoms. The highest BCUT2D eigenvalue weighted by Gasteiger charge is 2.24. The Bertz CT molecular complexity index is 1310. The van der Waals surface area contributed by atoms with Crippen LogP contribution in [0.1, 0.15) is 64.5 Å². The van der Waals surface area contributed by atoms with Gasteiger partial charge in [-0.15, -0.1) is 0 Å². The molecule has 0 saturated heterocycles. The quantitative estimate of drug-likeness (QED) is 0.184. The first-order chi connectivity index (χ1) is 17.2. The molecule has 0 aliphatic rings. The van der Waals surface area contributed by atoms with Crippen LogP contribution in [0, 0.1) is 0 Å². The molecule has 194 valence electrons. The molecule has 0 unspecified atom stereocenters. The Labute approximate surface area is 220 Å². The molecule has 1 heterocycles. The highest BCUT2D eigenvalue weighted by molar-refractivity contribution is 7.89. The molecule has 3 rings (SSSR count). The van der Waals surface area contributed by atoms with E-state index in [1.54, 1.807) is 22.7 Å². The molecule has 0 spiro atoms. The topological polar surface area (TPSA) is 78.7 Å². The van der Waals surface area contributed by atoms with Crippen molar-refractivity contribution in [2.45, 2.75) is 64.8 Å². The van der Waals surface area contributed by atoms with E-state index in [4.69, 9.17) is 12.2 Å². The zero-order chi connectivity index (χ0) is 26.3. The Kier molecular flexibility index (Phi) is 9.64. The first kappa shape index (κ1) is 27.8. The molecule has 0 radical (unpaired) electrons. The number of aryl methyl sites for hydroxylation is 1. The molecule has 0 aliphatic carbocycles. The summed E-state index contributed by atoms with van der Waals surface area (Å²) in [4.78, 5) is 0.301. The van der Waals surface area contributed by atoms with Gasteiger partial charge in [0.1, 0.15) is 0 Å². The van der Waals surface area contributed by atoms with Gasteiger partial charge >= 0.3 is 0 Å². The first-order valence-corrected chi connectivity index (χ1v) is 14.4. The van der Waals surface area contributed by atoms with E-state index in [1.807, 2.05) is 38.2 Å². The number of benzene rings is 2. The molecular weight excluding hydrogens is 490 g/mol. The predicted octanol–water partition coefficient (Wildman–Crippen LogP) is 5.92. The van der Waals surface area contributed by atoms with Crippen molar-refractivity contribution in [1.82, 2.24) is 14.3 Å². The predicted molar refractivity (Wildman–Crippen MR) is 154 cm³/mol. The van der Waals surface area contributed by atoms with Gasteiger partial charge in [0.25, 0.3) is 0 Å². The van der Waals surface area contributed by atoms with Crippen molar-refractivity contribution in [3.63, 3.8) is 0 Å². The summed E-state index contributed by atoms with van der Waals surface area (Å²) < 4.78 is 30.3. The highest BCUT2D eigenvalue weighted by Crippen LogP contribution is 2.26. The van der Waals surface area contributed by atoms with E-state index >= 15 is 0 Å². The van der Waals surface area contributed by atoms with Crippen LogP contribution in [-0.2, 0) is 16.6 Å². The van der Waals surface area contributed by atoms with Crippen LogP contribution in [0.2, 0.25) is 0 Å². The molecule has 0 atom stereocenters. The lowest BCUT2D eigenvalue weighted by atomic mass is 10.0. The summed E-state index contributed by atoms with van der Waals surface area (Å²) in [6.07, 6.45) is 5.19. The van der Waals surface area contributed by atoms with Crippen LogP contribution < -0.4 is 10.7 Å². The minimum absolute atomic E-state index is 0.301. The number of hydrazone groups is 1. The number of rotatable bonds is 11. The smallest absolute Gasteiger partial charge is 0.243 e. The second-order valence-corrected chi connectivity index (χ2v) is 11.4. The van der Waals surface area contributed by atoms with Gasteiger partial charge in [-0.3, -0.25) is 5.43 Å². The van der Waals surface area contributed by atoms with Gasteiger partial charge < -0.3 is 9.88 Å². The minimum atomic E-state index is -3.58. The molecule has 7 nitrogen and oxygen atoms in total. The minimum Gasteiger partial charge on any atom is -0.347 e. The first-order valence-electron chi connectivity index (χ1n) is 12.5. The number of nitrogens with zero attached hydrogens (tertiary/aromatic N) is 3. The second kappa shape index (κ2) is 12.5. The summed E-state index contributed by atoms with van der Waals surface area (Å²) in [7, 11) is -3.58. The summed E-state index contributed by atoms with van der Waals surface area (Å²) in [6.45, 7) is 12.1. The van der Waals surface area contributed by atoms with Gasteiger partial charge in [0.2, 0.25) is 10.0 Å². The van der Waals surface area contributed by atoms with Crippen molar-refractivity contribution in [3.8, 4) is 0 Å². The SMILES string of the molecule is CCCN(CCC)S(=O)(=O)c1ccc2c(c1)c(C=NNC(=S)Nc1ccc(C(C)C)cc1)cn2CC. The van der Waals surface area contributed by atoms with E-state index < -0.39 is 10.0 Å². The molecule has 2 aromatic carbocycles. The van der Waals surface area contributed by atoms with Gasteiger partial charge in [-0.1, -0.05) is 39.8 Å². The lowest BCUT2D eigenvalue weighted by Crippen LogP contribution is -2.32. The number of nitrogens with one attached hydrogen (secondary N) is 2. The number of sulfonamides is 1. The molecule has 9 heteroatoms. The summed E-state index contributed by atoms with van der Waals surface area (Å²) in [5, 5.41) is 8.65. The number of hydrogen-bond donors (Lipinski definition) is 2. The van der Waals surface area contributed by atoms with Gasteiger partial charge in [0, 0.05) is 48.0 Å². The zero-order valence-electron chi connectivity index (χ0n) is 21.8. The third kappa shape index (κ3) is 6.52. The lowest BCUT2D eigenvalue weighted by Gasteiger charge is -2.21. The summed E-state index contributed by atoms with van der Waals surface area (Å²) >= 11 is 5.38. The van der Waals surface area contributed by atoms with Crippen molar-refractivity contribution in [2.75, 3.05) is 18.4 Å².